The first kappa shape index (κ1) is 21.9. The van der Waals surface area contributed by atoms with E-state index in [0.717, 1.165) is 17.1 Å². The number of hydrogen-bond donors (Lipinski definition) is 2. The number of aromatic nitrogens is 2. The van der Waals surface area contributed by atoms with Crippen molar-refractivity contribution in [1.82, 2.24) is 14.9 Å². The fraction of sp³-hybridized carbons (Fsp3) is 0.0833. The van der Waals surface area contributed by atoms with E-state index >= 15 is 0 Å². The number of rotatable bonds is 5. The Bertz CT molecular complexity index is 1380. The number of nitro benzene ring substituents is 1. The first-order valence-corrected chi connectivity index (χ1v) is 11.1. The Labute approximate surface area is 205 Å². The summed E-state index contributed by atoms with van der Waals surface area (Å²) in [4.78, 5) is 17.0. The summed E-state index contributed by atoms with van der Waals surface area (Å²) < 4.78 is 1.94. The SMILES string of the molecule is O=[N+]([O-])c1ccc(-n2cccc2C2C(c3ccccn3)NC(=S)N2c2cc(Cl)ccc2O)cc1. The van der Waals surface area contributed by atoms with Crippen LogP contribution in [0.25, 0.3) is 5.69 Å². The van der Waals surface area contributed by atoms with Crippen LogP contribution in [0.2, 0.25) is 5.02 Å². The van der Waals surface area contributed by atoms with E-state index in [1.54, 1.807) is 30.5 Å². The second-order valence-electron chi connectivity index (χ2n) is 7.71. The van der Waals surface area contributed by atoms with Crippen molar-refractivity contribution < 1.29 is 10.0 Å². The third-order valence-electron chi connectivity index (χ3n) is 5.72. The molecule has 2 aromatic carbocycles. The van der Waals surface area contributed by atoms with Crippen molar-refractivity contribution in [3.63, 3.8) is 0 Å². The second-order valence-corrected chi connectivity index (χ2v) is 8.53. The van der Waals surface area contributed by atoms with Gasteiger partial charge in [-0.05, 0) is 66.8 Å². The van der Waals surface area contributed by atoms with Gasteiger partial charge in [0.05, 0.1) is 22.3 Å². The zero-order valence-electron chi connectivity index (χ0n) is 17.6. The number of halogens is 1. The first-order chi connectivity index (χ1) is 16.4. The number of non-ortho nitro benzene ring substituents is 1. The third kappa shape index (κ3) is 3.85. The van der Waals surface area contributed by atoms with Crippen molar-refractivity contribution in [2.45, 2.75) is 12.1 Å². The van der Waals surface area contributed by atoms with Crippen LogP contribution < -0.4 is 10.2 Å². The molecule has 2 N–H and O–H groups in total. The number of phenols is 1. The van der Waals surface area contributed by atoms with Crippen LogP contribution in [0.3, 0.4) is 0 Å². The van der Waals surface area contributed by atoms with E-state index in [2.05, 4.69) is 10.3 Å². The topological polar surface area (TPSA) is 96.5 Å². The summed E-state index contributed by atoms with van der Waals surface area (Å²) >= 11 is 12.0. The molecule has 0 spiro atoms. The molecule has 4 aromatic rings. The molecule has 0 amide bonds. The van der Waals surface area contributed by atoms with E-state index in [0.29, 0.717) is 15.8 Å². The van der Waals surface area contributed by atoms with Crippen molar-refractivity contribution in [2.24, 2.45) is 0 Å². The Morgan fingerprint density at radius 3 is 2.59 bits per heavy atom. The standard InChI is InChI=1S/C24H18ClN5O3S/c25-15-6-11-21(31)20(14-15)29-23(22(27-24(29)34)18-4-1-2-12-26-18)19-5-3-13-28(19)16-7-9-17(10-8-16)30(32)33/h1-14,22-23,31H,(H,27,34). The van der Waals surface area contributed by atoms with Crippen LogP contribution in [0.1, 0.15) is 23.5 Å². The lowest BCUT2D eigenvalue weighted by Crippen LogP contribution is -2.30. The Morgan fingerprint density at radius 2 is 1.88 bits per heavy atom. The number of aromatic hydroxyl groups is 1. The summed E-state index contributed by atoms with van der Waals surface area (Å²) in [6.45, 7) is 0. The van der Waals surface area contributed by atoms with Gasteiger partial charge in [-0.1, -0.05) is 17.7 Å². The smallest absolute Gasteiger partial charge is 0.269 e. The number of nitrogens with zero attached hydrogens (tertiary/aromatic N) is 4. The number of nitro groups is 1. The van der Waals surface area contributed by atoms with Crippen LogP contribution in [0.5, 0.6) is 5.75 Å². The quantitative estimate of drug-likeness (QED) is 0.221. The molecule has 1 aliphatic rings. The molecule has 0 aliphatic carbocycles. The maximum atomic E-state index is 11.1. The molecule has 8 nitrogen and oxygen atoms in total. The van der Waals surface area contributed by atoms with Crippen molar-refractivity contribution in [3.05, 3.63) is 112 Å². The summed E-state index contributed by atoms with van der Waals surface area (Å²) in [6, 6.07) is 19.9. The normalized spacial score (nSPS) is 17.6. The summed E-state index contributed by atoms with van der Waals surface area (Å²) in [5, 5.41) is 26.0. The number of phenolic OH excluding ortho intramolecular Hbond substituents is 1. The van der Waals surface area contributed by atoms with Gasteiger partial charge in [-0.15, -0.1) is 0 Å². The minimum absolute atomic E-state index is 0.0120. The molecule has 2 unspecified atom stereocenters. The predicted octanol–water partition coefficient (Wildman–Crippen LogP) is 5.32. The van der Waals surface area contributed by atoms with Gasteiger partial charge >= 0.3 is 0 Å². The highest BCUT2D eigenvalue weighted by Gasteiger charge is 2.43. The van der Waals surface area contributed by atoms with Gasteiger partial charge in [-0.25, -0.2) is 0 Å². The summed E-state index contributed by atoms with van der Waals surface area (Å²) in [5.41, 5.74) is 2.84. The molecule has 3 heterocycles. The van der Waals surface area contributed by atoms with E-state index in [-0.39, 0.29) is 17.5 Å². The number of anilines is 1. The highest BCUT2D eigenvalue weighted by atomic mass is 35.5. The fourth-order valence-electron chi connectivity index (χ4n) is 4.21. The Morgan fingerprint density at radius 1 is 1.09 bits per heavy atom. The highest BCUT2D eigenvalue weighted by molar-refractivity contribution is 7.80. The molecule has 1 aliphatic heterocycles. The zero-order valence-corrected chi connectivity index (χ0v) is 19.1. The average Bonchev–Trinajstić information content (AvgIpc) is 3.45. The van der Waals surface area contributed by atoms with Gasteiger partial charge in [0, 0.05) is 40.9 Å². The van der Waals surface area contributed by atoms with Gasteiger partial charge in [0.1, 0.15) is 11.8 Å². The monoisotopic (exact) mass is 491 g/mol. The largest absolute Gasteiger partial charge is 0.506 e. The lowest BCUT2D eigenvalue weighted by Gasteiger charge is -2.29. The number of benzene rings is 2. The third-order valence-corrected chi connectivity index (χ3v) is 6.27. The number of nitrogens with one attached hydrogen (secondary N) is 1. The maximum absolute atomic E-state index is 11.1. The maximum Gasteiger partial charge on any atom is 0.269 e. The number of pyridine rings is 1. The lowest BCUT2D eigenvalue weighted by molar-refractivity contribution is -0.384. The number of hydrogen-bond acceptors (Lipinski definition) is 5. The Kier molecular flexibility index (Phi) is 5.64. The fourth-order valence-corrected chi connectivity index (χ4v) is 4.71. The summed E-state index contributed by atoms with van der Waals surface area (Å²) in [7, 11) is 0. The molecule has 2 aromatic heterocycles. The molecular weight excluding hydrogens is 474 g/mol. The highest BCUT2D eigenvalue weighted by Crippen LogP contribution is 2.45. The molecule has 1 fully saturated rings. The Hall–Kier alpha value is -3.95. The molecule has 0 bridgehead atoms. The Balaban J connectivity index is 1.67. The van der Waals surface area contributed by atoms with Gasteiger partial charge in [0.25, 0.3) is 5.69 Å². The lowest BCUT2D eigenvalue weighted by atomic mass is 10.0. The summed E-state index contributed by atoms with van der Waals surface area (Å²) in [6.07, 6.45) is 3.59. The van der Waals surface area contributed by atoms with Gasteiger partial charge < -0.3 is 19.9 Å². The van der Waals surface area contributed by atoms with Crippen LogP contribution >= 0.6 is 23.8 Å². The van der Waals surface area contributed by atoms with Crippen LogP contribution in [-0.2, 0) is 0 Å². The number of thiocarbonyl (C=S) groups is 1. The molecule has 0 radical (unpaired) electrons. The summed E-state index contributed by atoms with van der Waals surface area (Å²) in [5.74, 6) is 0.0358. The van der Waals surface area contributed by atoms with E-state index in [1.807, 2.05) is 46.0 Å². The molecule has 5 rings (SSSR count). The van der Waals surface area contributed by atoms with E-state index in [4.69, 9.17) is 23.8 Å². The molecular formula is C24H18ClN5O3S. The van der Waals surface area contributed by atoms with Crippen LogP contribution in [0, 0.1) is 10.1 Å². The van der Waals surface area contributed by atoms with Gasteiger partial charge in [-0.2, -0.15) is 0 Å². The molecule has 34 heavy (non-hydrogen) atoms. The molecule has 1 saturated heterocycles. The minimum atomic E-state index is -0.430. The molecule has 0 saturated carbocycles. The van der Waals surface area contributed by atoms with Gasteiger partial charge in [0.15, 0.2) is 5.11 Å². The van der Waals surface area contributed by atoms with E-state index in [9.17, 15) is 15.2 Å². The van der Waals surface area contributed by atoms with E-state index < -0.39 is 11.0 Å². The minimum Gasteiger partial charge on any atom is -0.506 e. The molecule has 170 valence electrons. The van der Waals surface area contributed by atoms with Crippen molar-refractivity contribution in [3.8, 4) is 11.4 Å². The predicted molar refractivity (Wildman–Crippen MR) is 133 cm³/mol. The van der Waals surface area contributed by atoms with Gasteiger partial charge in [0.2, 0.25) is 0 Å². The molecule has 2 atom stereocenters. The van der Waals surface area contributed by atoms with Crippen LogP contribution in [0.15, 0.2) is 85.2 Å². The van der Waals surface area contributed by atoms with Crippen molar-refractivity contribution in [1.29, 1.82) is 0 Å². The van der Waals surface area contributed by atoms with Crippen LogP contribution in [0.4, 0.5) is 11.4 Å². The van der Waals surface area contributed by atoms with Crippen molar-refractivity contribution >= 4 is 40.3 Å². The molecule has 10 heteroatoms. The van der Waals surface area contributed by atoms with Crippen LogP contribution in [-0.4, -0.2) is 24.7 Å². The second kappa shape index (κ2) is 8.77. The zero-order chi connectivity index (χ0) is 23.8. The van der Waals surface area contributed by atoms with Gasteiger partial charge in [-0.3, -0.25) is 15.1 Å². The first-order valence-electron chi connectivity index (χ1n) is 10.4. The van der Waals surface area contributed by atoms with Crippen molar-refractivity contribution in [2.75, 3.05) is 4.90 Å². The average molecular weight is 492 g/mol. The van der Waals surface area contributed by atoms with E-state index in [1.165, 1.54) is 18.2 Å².